The number of halogens is 1. The van der Waals surface area contributed by atoms with Crippen LogP contribution in [0.25, 0.3) is 6.08 Å². The maximum Gasteiger partial charge on any atom is 0.258 e. The van der Waals surface area contributed by atoms with E-state index in [0.717, 1.165) is 53.6 Å². The minimum atomic E-state index is -0.233. The number of fused-ring (bicyclic) bond motifs is 2. The summed E-state index contributed by atoms with van der Waals surface area (Å²) in [5.41, 5.74) is 4.88. The number of benzene rings is 3. The summed E-state index contributed by atoms with van der Waals surface area (Å²) in [6, 6.07) is 27.1. The van der Waals surface area contributed by atoms with Gasteiger partial charge in [0.05, 0.1) is 0 Å². The first-order valence-corrected chi connectivity index (χ1v) is 14.6. The zero-order chi connectivity index (χ0) is 27.5. The van der Waals surface area contributed by atoms with Gasteiger partial charge in [0.2, 0.25) is 0 Å². The maximum absolute atomic E-state index is 13.8. The second kappa shape index (κ2) is 11.4. The average molecular weight is 550 g/mol. The summed E-state index contributed by atoms with van der Waals surface area (Å²) in [6.45, 7) is 5.46. The van der Waals surface area contributed by atoms with Gasteiger partial charge in [-0.05, 0) is 98.6 Å². The van der Waals surface area contributed by atoms with Crippen molar-refractivity contribution in [2.45, 2.75) is 35.0 Å². The Balaban J connectivity index is 1.25. The van der Waals surface area contributed by atoms with Crippen LogP contribution in [-0.4, -0.2) is 42.0 Å². The largest absolute Gasteiger partial charge is 0.307 e. The summed E-state index contributed by atoms with van der Waals surface area (Å²) in [4.78, 5) is 24.6. The summed E-state index contributed by atoms with van der Waals surface area (Å²) in [5.74, 6) is -0.209. The lowest BCUT2D eigenvalue weighted by atomic mass is 9.74. The van der Waals surface area contributed by atoms with E-state index in [0.29, 0.717) is 12.1 Å². The molecule has 202 valence electrons. The van der Waals surface area contributed by atoms with Crippen LogP contribution < -0.4 is 4.90 Å². The maximum atomic E-state index is 13.8. The highest BCUT2D eigenvalue weighted by Gasteiger charge is 2.46. The first-order chi connectivity index (χ1) is 19.5. The third kappa shape index (κ3) is 5.60. The molecule has 1 fully saturated rings. The lowest BCUT2D eigenvalue weighted by Crippen LogP contribution is -2.46. The van der Waals surface area contributed by atoms with Gasteiger partial charge in [0.25, 0.3) is 5.91 Å². The third-order valence-electron chi connectivity index (χ3n) is 8.02. The van der Waals surface area contributed by atoms with E-state index in [1.54, 1.807) is 24.0 Å². The van der Waals surface area contributed by atoms with Gasteiger partial charge in [-0.25, -0.2) is 4.39 Å². The molecular formula is C34H32FN3OS. The number of piperidine rings is 1. The Kier molecular flexibility index (Phi) is 7.55. The minimum Gasteiger partial charge on any atom is -0.307 e. The first-order valence-electron chi connectivity index (χ1n) is 13.8. The second-order valence-corrected chi connectivity index (χ2v) is 11.9. The molecule has 0 atom stereocenters. The molecule has 0 unspecified atom stereocenters. The Labute approximate surface area is 239 Å². The topological polar surface area (TPSA) is 36.4 Å². The van der Waals surface area contributed by atoms with Gasteiger partial charge >= 0.3 is 0 Å². The number of rotatable bonds is 6. The fourth-order valence-electron chi connectivity index (χ4n) is 5.86. The SMILES string of the molecule is Cc1cc(C(=O)N2CC3(CCN(CC=Cc4ccccc4)CC3)c3cc(Sc4ccc(F)cc4)ccc32)ccn1. The fourth-order valence-corrected chi connectivity index (χ4v) is 6.72. The Morgan fingerprint density at radius 2 is 1.73 bits per heavy atom. The van der Waals surface area contributed by atoms with Gasteiger partial charge in [-0.1, -0.05) is 54.2 Å². The average Bonchev–Trinajstić information content (AvgIpc) is 3.28. The standard InChI is InChI=1S/C34H32FN3OS/c1-25-22-27(15-18-36-25)33(39)38-24-34(16-20-37(21-17-34)19-5-8-26-6-3-2-4-7-26)31-23-30(13-14-32(31)38)40-29-11-9-28(35)10-12-29/h2-15,18,22-23H,16-17,19-21,24H2,1H3. The van der Waals surface area contributed by atoms with Crippen LogP contribution in [0.1, 0.15) is 40.0 Å². The molecule has 4 aromatic rings. The highest BCUT2D eigenvalue weighted by molar-refractivity contribution is 7.99. The van der Waals surface area contributed by atoms with Gasteiger partial charge in [0.15, 0.2) is 0 Å². The van der Waals surface area contributed by atoms with Crippen molar-refractivity contribution in [2.24, 2.45) is 0 Å². The van der Waals surface area contributed by atoms with Gasteiger partial charge in [-0.3, -0.25) is 14.7 Å². The third-order valence-corrected chi connectivity index (χ3v) is 9.01. The van der Waals surface area contributed by atoms with Crippen molar-refractivity contribution in [1.82, 2.24) is 9.88 Å². The van der Waals surface area contributed by atoms with Crippen LogP contribution in [0.2, 0.25) is 0 Å². The number of nitrogens with zero attached hydrogens (tertiary/aromatic N) is 3. The van der Waals surface area contributed by atoms with Gasteiger partial charge < -0.3 is 4.90 Å². The zero-order valence-electron chi connectivity index (χ0n) is 22.6. The predicted octanol–water partition coefficient (Wildman–Crippen LogP) is 7.39. The van der Waals surface area contributed by atoms with Crippen LogP contribution in [0.15, 0.2) is 107 Å². The number of carbonyl (C=O) groups is 1. The minimum absolute atomic E-state index is 0.0239. The van der Waals surface area contributed by atoms with Crippen molar-refractivity contribution in [2.75, 3.05) is 31.1 Å². The Morgan fingerprint density at radius 3 is 2.48 bits per heavy atom. The van der Waals surface area contributed by atoms with Crippen LogP contribution >= 0.6 is 11.8 Å². The van der Waals surface area contributed by atoms with Crippen LogP contribution in [0, 0.1) is 12.7 Å². The summed E-state index contributed by atoms with van der Waals surface area (Å²) in [5, 5.41) is 0. The summed E-state index contributed by atoms with van der Waals surface area (Å²) in [6.07, 6.45) is 8.12. The number of aryl methyl sites for hydroxylation is 1. The molecule has 0 aliphatic carbocycles. The van der Waals surface area contributed by atoms with Crippen molar-refractivity contribution in [1.29, 1.82) is 0 Å². The molecule has 3 heterocycles. The molecule has 1 saturated heterocycles. The van der Waals surface area contributed by atoms with Crippen LogP contribution in [0.4, 0.5) is 10.1 Å². The van der Waals surface area contributed by atoms with Crippen LogP contribution in [0.5, 0.6) is 0 Å². The lowest BCUT2D eigenvalue weighted by molar-refractivity contribution is 0.0977. The molecule has 6 rings (SSSR count). The molecule has 1 amide bonds. The van der Waals surface area contributed by atoms with Crippen molar-refractivity contribution in [3.63, 3.8) is 0 Å². The van der Waals surface area contributed by atoms with Crippen molar-refractivity contribution >= 4 is 29.4 Å². The van der Waals surface area contributed by atoms with E-state index < -0.39 is 0 Å². The number of aromatic nitrogens is 1. The summed E-state index contributed by atoms with van der Waals surface area (Å²) >= 11 is 1.63. The fraction of sp³-hybridized carbons (Fsp3) is 0.235. The van der Waals surface area contributed by atoms with E-state index in [2.05, 4.69) is 64.5 Å². The number of pyridine rings is 1. The van der Waals surface area contributed by atoms with Gasteiger partial charge in [-0.2, -0.15) is 0 Å². The number of carbonyl (C=O) groups excluding carboxylic acids is 1. The second-order valence-electron chi connectivity index (χ2n) is 10.7. The van der Waals surface area contributed by atoms with Crippen molar-refractivity contribution in [3.8, 4) is 0 Å². The monoisotopic (exact) mass is 549 g/mol. The summed E-state index contributed by atoms with van der Waals surface area (Å²) in [7, 11) is 0. The molecule has 40 heavy (non-hydrogen) atoms. The van der Waals surface area contributed by atoms with E-state index >= 15 is 0 Å². The van der Waals surface area contributed by atoms with Crippen molar-refractivity contribution in [3.05, 3.63) is 125 Å². The number of hydrogen-bond donors (Lipinski definition) is 0. The molecule has 6 heteroatoms. The molecule has 2 aliphatic heterocycles. The molecule has 1 aromatic heterocycles. The molecule has 0 bridgehead atoms. The number of amides is 1. The molecule has 2 aliphatic rings. The molecule has 0 N–H and O–H groups in total. The Bertz CT molecular complexity index is 1530. The molecular weight excluding hydrogens is 517 g/mol. The smallest absolute Gasteiger partial charge is 0.258 e. The first kappa shape index (κ1) is 26.5. The predicted molar refractivity (Wildman–Crippen MR) is 160 cm³/mol. The van der Waals surface area contributed by atoms with Crippen LogP contribution in [0.3, 0.4) is 0 Å². The Hall–Kier alpha value is -3.74. The van der Waals surface area contributed by atoms with Gasteiger partial charge in [0.1, 0.15) is 5.82 Å². The zero-order valence-corrected chi connectivity index (χ0v) is 23.4. The van der Waals surface area contributed by atoms with E-state index in [1.165, 1.54) is 23.3 Å². The van der Waals surface area contributed by atoms with E-state index in [4.69, 9.17) is 0 Å². The number of likely N-dealkylation sites (tertiary alicyclic amines) is 1. The molecule has 0 saturated carbocycles. The van der Waals surface area contributed by atoms with E-state index in [-0.39, 0.29) is 17.1 Å². The molecule has 0 radical (unpaired) electrons. The highest BCUT2D eigenvalue weighted by atomic mass is 32.2. The Morgan fingerprint density at radius 1 is 0.975 bits per heavy atom. The number of anilines is 1. The summed E-state index contributed by atoms with van der Waals surface area (Å²) < 4.78 is 13.5. The van der Waals surface area contributed by atoms with Crippen LogP contribution in [-0.2, 0) is 5.41 Å². The normalized spacial score (nSPS) is 16.5. The van der Waals surface area contributed by atoms with Gasteiger partial charge in [-0.15, -0.1) is 0 Å². The van der Waals surface area contributed by atoms with E-state index in [1.807, 2.05) is 36.1 Å². The molecule has 1 spiro atoms. The number of hydrogen-bond acceptors (Lipinski definition) is 4. The van der Waals surface area contributed by atoms with E-state index in [9.17, 15) is 9.18 Å². The quantitative estimate of drug-likeness (QED) is 0.251. The molecule has 4 nitrogen and oxygen atoms in total. The highest BCUT2D eigenvalue weighted by Crippen LogP contribution is 2.49. The van der Waals surface area contributed by atoms with Crippen molar-refractivity contribution < 1.29 is 9.18 Å². The molecule has 3 aromatic carbocycles. The lowest BCUT2D eigenvalue weighted by Gasteiger charge is -2.39. The van der Waals surface area contributed by atoms with Gasteiger partial charge in [0, 0.05) is 51.4 Å².